The number of nitrogens with one attached hydrogen (secondary N) is 1. The number of nitrogens with zero attached hydrogens (tertiary/aromatic N) is 4. The van der Waals surface area contributed by atoms with Gasteiger partial charge in [0.15, 0.2) is 0 Å². The molecule has 2 aliphatic rings. The van der Waals surface area contributed by atoms with E-state index in [2.05, 4.69) is 47.7 Å². The molecule has 0 aliphatic carbocycles. The molecule has 0 bridgehead atoms. The Balaban J connectivity index is 1.54. The van der Waals surface area contributed by atoms with Crippen LogP contribution in [0, 0.1) is 0 Å². The van der Waals surface area contributed by atoms with Crippen molar-refractivity contribution in [3.63, 3.8) is 0 Å². The Bertz CT molecular complexity index is 1070. The maximum atomic E-state index is 6.21. The van der Waals surface area contributed by atoms with Gasteiger partial charge in [-0.2, -0.15) is 0 Å². The lowest BCUT2D eigenvalue weighted by molar-refractivity contribution is -0.0342. The van der Waals surface area contributed by atoms with Crippen molar-refractivity contribution in [2.75, 3.05) is 25.1 Å². The minimum atomic E-state index is 0.0679. The van der Waals surface area contributed by atoms with Gasteiger partial charge in [0.2, 0.25) is 0 Å². The number of imidazole rings is 1. The Labute approximate surface area is 189 Å². The summed E-state index contributed by atoms with van der Waals surface area (Å²) in [5.74, 6) is 2.76. The molecule has 4 heterocycles. The highest BCUT2D eigenvalue weighted by Gasteiger charge is 2.28. The first kappa shape index (κ1) is 21.2. The molecule has 7 nitrogen and oxygen atoms in total. The first-order valence-corrected chi connectivity index (χ1v) is 11.7. The Morgan fingerprint density at radius 3 is 2.59 bits per heavy atom. The molecule has 3 aromatic rings. The fourth-order valence-electron chi connectivity index (χ4n) is 5.22. The van der Waals surface area contributed by atoms with E-state index in [4.69, 9.17) is 19.4 Å². The molecule has 0 spiro atoms. The van der Waals surface area contributed by atoms with Gasteiger partial charge in [-0.25, -0.2) is 9.97 Å². The number of para-hydroxylation sites is 1. The normalized spacial score (nSPS) is 26.1. The number of benzene rings is 1. The van der Waals surface area contributed by atoms with E-state index in [0.29, 0.717) is 18.6 Å². The summed E-state index contributed by atoms with van der Waals surface area (Å²) in [4.78, 5) is 12.3. The molecule has 1 N–H and O–H groups in total. The highest BCUT2D eigenvalue weighted by molar-refractivity contribution is 5.86. The third kappa shape index (κ3) is 3.84. The van der Waals surface area contributed by atoms with Crippen LogP contribution >= 0.6 is 0 Å². The zero-order valence-corrected chi connectivity index (χ0v) is 19.4. The van der Waals surface area contributed by atoms with E-state index in [1.807, 2.05) is 24.4 Å². The third-order valence-corrected chi connectivity index (χ3v) is 6.79. The molecule has 170 valence electrons. The zero-order valence-electron chi connectivity index (χ0n) is 19.4. The molecular formula is C25H33N5O2. The second-order valence-electron chi connectivity index (χ2n) is 9.19. The predicted molar refractivity (Wildman–Crippen MR) is 127 cm³/mol. The van der Waals surface area contributed by atoms with E-state index in [9.17, 15) is 0 Å². The zero-order chi connectivity index (χ0) is 22.2. The number of morpholine rings is 1. The molecule has 0 saturated carbocycles. The van der Waals surface area contributed by atoms with Crippen molar-refractivity contribution < 1.29 is 9.47 Å². The molecule has 1 aromatic carbocycles. The molecule has 2 aliphatic heterocycles. The molecule has 32 heavy (non-hydrogen) atoms. The van der Waals surface area contributed by atoms with Gasteiger partial charge in [-0.15, -0.1) is 0 Å². The van der Waals surface area contributed by atoms with Crippen LogP contribution in [-0.4, -0.2) is 59.0 Å². The molecule has 2 aromatic heterocycles. The number of ether oxygens (including phenoxy) is 2. The Morgan fingerprint density at radius 2 is 1.91 bits per heavy atom. The monoisotopic (exact) mass is 435 g/mol. The number of anilines is 1. The van der Waals surface area contributed by atoms with Crippen LogP contribution in [0.4, 0.5) is 5.82 Å². The van der Waals surface area contributed by atoms with Crippen LogP contribution in [0.2, 0.25) is 0 Å². The summed E-state index contributed by atoms with van der Waals surface area (Å²) < 4.78 is 14.1. The van der Waals surface area contributed by atoms with Gasteiger partial charge in [0.25, 0.3) is 0 Å². The maximum absolute atomic E-state index is 6.21. The van der Waals surface area contributed by atoms with Crippen LogP contribution < -0.4 is 15.0 Å². The smallest absolute Gasteiger partial charge is 0.144 e. The summed E-state index contributed by atoms with van der Waals surface area (Å²) in [6.45, 7) is 9.08. The number of methoxy groups -OCH3 is 1. The average Bonchev–Trinajstić information content (AvgIpc) is 3.33. The standard InChI is InChI=1S/C25H33N5O2/c1-16-8-9-17(2)30(16)23-11-10-19(13-27-23)25-28-21-6-5-7-22(31-4)24(21)29(25)15-20-14-26-12-18(3)32-20/h5-7,10-11,13,16-18,20,26H,8-9,12,14-15H2,1-4H3/t16-,17-,18-,20?/m0/s1. The third-order valence-electron chi connectivity index (χ3n) is 6.79. The van der Waals surface area contributed by atoms with Crippen molar-refractivity contribution in [3.8, 4) is 17.1 Å². The second-order valence-corrected chi connectivity index (χ2v) is 9.19. The highest BCUT2D eigenvalue weighted by atomic mass is 16.5. The van der Waals surface area contributed by atoms with Crippen LogP contribution in [0.5, 0.6) is 5.75 Å². The van der Waals surface area contributed by atoms with E-state index in [0.717, 1.165) is 47.1 Å². The van der Waals surface area contributed by atoms with E-state index in [1.54, 1.807) is 7.11 Å². The fourth-order valence-corrected chi connectivity index (χ4v) is 5.22. The molecule has 1 unspecified atom stereocenters. The average molecular weight is 436 g/mol. The van der Waals surface area contributed by atoms with Crippen LogP contribution in [-0.2, 0) is 11.3 Å². The van der Waals surface area contributed by atoms with Gasteiger partial charge in [0, 0.05) is 36.9 Å². The van der Waals surface area contributed by atoms with Crippen molar-refractivity contribution >= 4 is 16.9 Å². The largest absolute Gasteiger partial charge is 0.494 e. The van der Waals surface area contributed by atoms with Gasteiger partial charge < -0.3 is 24.3 Å². The van der Waals surface area contributed by atoms with Gasteiger partial charge in [-0.05, 0) is 57.9 Å². The lowest BCUT2D eigenvalue weighted by Gasteiger charge is -2.29. The number of fused-ring (bicyclic) bond motifs is 1. The van der Waals surface area contributed by atoms with Gasteiger partial charge in [0.05, 0.1) is 31.4 Å². The van der Waals surface area contributed by atoms with Crippen LogP contribution in [0.25, 0.3) is 22.4 Å². The first-order chi connectivity index (χ1) is 15.5. The van der Waals surface area contributed by atoms with Gasteiger partial charge in [0.1, 0.15) is 22.9 Å². The molecule has 4 atom stereocenters. The molecule has 5 rings (SSSR count). The Kier molecular flexibility index (Phi) is 5.78. The minimum Gasteiger partial charge on any atom is -0.494 e. The summed E-state index contributed by atoms with van der Waals surface area (Å²) in [5.41, 5.74) is 2.92. The number of pyridine rings is 1. The molecule has 0 radical (unpaired) electrons. The van der Waals surface area contributed by atoms with Crippen molar-refractivity contribution in [1.29, 1.82) is 0 Å². The lowest BCUT2D eigenvalue weighted by atomic mass is 10.2. The number of aromatic nitrogens is 3. The van der Waals surface area contributed by atoms with Crippen molar-refractivity contribution in [1.82, 2.24) is 19.9 Å². The molecule has 2 saturated heterocycles. The first-order valence-electron chi connectivity index (χ1n) is 11.7. The van der Waals surface area contributed by atoms with E-state index >= 15 is 0 Å². The van der Waals surface area contributed by atoms with E-state index in [-0.39, 0.29) is 12.2 Å². The van der Waals surface area contributed by atoms with Gasteiger partial charge in [-0.1, -0.05) is 6.07 Å². The lowest BCUT2D eigenvalue weighted by Crippen LogP contribution is -2.45. The molecule has 0 amide bonds. The van der Waals surface area contributed by atoms with Crippen LogP contribution in [0.15, 0.2) is 36.5 Å². The fraction of sp³-hybridized carbons (Fsp3) is 0.520. The number of hydrogen-bond acceptors (Lipinski definition) is 6. The molecular weight excluding hydrogens is 402 g/mol. The van der Waals surface area contributed by atoms with Gasteiger partial charge >= 0.3 is 0 Å². The molecule has 7 heteroatoms. The van der Waals surface area contributed by atoms with Crippen molar-refractivity contribution in [2.24, 2.45) is 0 Å². The van der Waals surface area contributed by atoms with E-state index < -0.39 is 0 Å². The van der Waals surface area contributed by atoms with Gasteiger partial charge in [-0.3, -0.25) is 0 Å². The Hall–Kier alpha value is -2.64. The predicted octanol–water partition coefficient (Wildman–Crippen LogP) is 3.86. The summed E-state index contributed by atoms with van der Waals surface area (Å²) in [6.07, 6.45) is 4.65. The van der Waals surface area contributed by atoms with E-state index in [1.165, 1.54) is 12.8 Å². The summed E-state index contributed by atoms with van der Waals surface area (Å²) in [7, 11) is 1.71. The maximum Gasteiger partial charge on any atom is 0.144 e. The quantitative estimate of drug-likeness (QED) is 0.657. The SMILES string of the molecule is COc1cccc2nc(-c3ccc(N4[C@@H](C)CC[C@@H]4C)nc3)n(CC3CNC[C@H](C)O3)c12. The van der Waals surface area contributed by atoms with Crippen LogP contribution in [0.3, 0.4) is 0 Å². The topological polar surface area (TPSA) is 64.4 Å². The summed E-state index contributed by atoms with van der Waals surface area (Å²) >= 11 is 0. The highest BCUT2D eigenvalue weighted by Crippen LogP contribution is 2.33. The van der Waals surface area contributed by atoms with Crippen molar-refractivity contribution in [3.05, 3.63) is 36.5 Å². The summed E-state index contributed by atoms with van der Waals surface area (Å²) in [5, 5.41) is 3.47. The number of hydrogen-bond donors (Lipinski definition) is 1. The Morgan fingerprint density at radius 1 is 1.09 bits per heavy atom. The number of rotatable bonds is 5. The van der Waals surface area contributed by atoms with Crippen molar-refractivity contribution in [2.45, 2.75) is 64.4 Å². The van der Waals surface area contributed by atoms with Crippen LogP contribution in [0.1, 0.15) is 33.6 Å². The minimum absolute atomic E-state index is 0.0679. The second kappa shape index (κ2) is 8.71. The summed E-state index contributed by atoms with van der Waals surface area (Å²) in [6, 6.07) is 11.3. The molecule has 2 fully saturated rings.